The van der Waals surface area contributed by atoms with Crippen LogP contribution in [0.15, 0.2) is 0 Å². The zero-order valence-corrected chi connectivity index (χ0v) is 12.6. The molecule has 1 saturated carbocycles. The molecule has 4 nitrogen and oxygen atoms in total. The predicted octanol–water partition coefficient (Wildman–Crippen LogP) is 2.46. The van der Waals surface area contributed by atoms with Gasteiger partial charge in [0.2, 0.25) is 5.13 Å². The number of nitrogens with one attached hydrogen (secondary N) is 1. The van der Waals surface area contributed by atoms with Crippen LogP contribution in [0.25, 0.3) is 0 Å². The van der Waals surface area contributed by atoms with E-state index in [0.29, 0.717) is 0 Å². The Labute approximate surface area is 119 Å². The average Bonchev–Trinajstić information content (AvgIpc) is 3.18. The predicted molar refractivity (Wildman–Crippen MR) is 79.9 cm³/mol. The van der Waals surface area contributed by atoms with Crippen molar-refractivity contribution in [3.05, 3.63) is 5.82 Å². The smallest absolute Gasteiger partial charge is 0.205 e. The fraction of sp³-hybridized carbons (Fsp3) is 0.857. The van der Waals surface area contributed by atoms with Crippen LogP contribution in [-0.4, -0.2) is 35.0 Å². The lowest BCUT2D eigenvalue weighted by Gasteiger charge is -2.29. The van der Waals surface area contributed by atoms with Crippen molar-refractivity contribution in [2.24, 2.45) is 5.92 Å². The Hall–Kier alpha value is -0.680. The topological polar surface area (TPSA) is 41.1 Å². The third kappa shape index (κ3) is 3.45. The second-order valence-electron chi connectivity index (χ2n) is 5.82. The zero-order chi connectivity index (χ0) is 13.1. The molecule has 0 unspecified atom stereocenters. The average molecular weight is 280 g/mol. The highest BCUT2D eigenvalue weighted by Crippen LogP contribution is 2.34. The molecule has 0 bridgehead atoms. The van der Waals surface area contributed by atoms with Crippen molar-refractivity contribution in [1.82, 2.24) is 14.7 Å². The van der Waals surface area contributed by atoms with Gasteiger partial charge in [-0.25, -0.2) is 4.98 Å². The molecular weight excluding hydrogens is 256 g/mol. The van der Waals surface area contributed by atoms with Crippen molar-refractivity contribution in [2.75, 3.05) is 24.5 Å². The van der Waals surface area contributed by atoms with Crippen LogP contribution in [0, 0.1) is 5.92 Å². The molecule has 2 aliphatic rings. The maximum Gasteiger partial charge on any atom is 0.205 e. The van der Waals surface area contributed by atoms with Gasteiger partial charge in [-0.3, -0.25) is 0 Å². The molecule has 106 valence electrons. The number of rotatable bonds is 6. The fourth-order valence-corrected chi connectivity index (χ4v) is 3.59. The van der Waals surface area contributed by atoms with Gasteiger partial charge in [0.1, 0.15) is 5.82 Å². The van der Waals surface area contributed by atoms with Crippen LogP contribution in [0.5, 0.6) is 0 Å². The summed E-state index contributed by atoms with van der Waals surface area (Å²) in [5.74, 6) is 1.87. The van der Waals surface area contributed by atoms with Crippen molar-refractivity contribution in [2.45, 2.75) is 51.5 Å². The molecule has 0 amide bonds. The SMILES string of the molecule is CCCc1nsc(N(CC2CCNCC2)C2CC2)n1. The minimum absolute atomic E-state index is 0.748. The lowest BCUT2D eigenvalue weighted by molar-refractivity contribution is 0.372. The van der Waals surface area contributed by atoms with E-state index < -0.39 is 0 Å². The number of hydrogen-bond donors (Lipinski definition) is 1. The van der Waals surface area contributed by atoms with Crippen LogP contribution in [0.4, 0.5) is 5.13 Å². The zero-order valence-electron chi connectivity index (χ0n) is 11.8. The number of piperidine rings is 1. The maximum absolute atomic E-state index is 4.74. The van der Waals surface area contributed by atoms with E-state index in [1.165, 1.54) is 50.4 Å². The van der Waals surface area contributed by atoms with E-state index in [9.17, 15) is 0 Å². The molecule has 1 saturated heterocycles. The summed E-state index contributed by atoms with van der Waals surface area (Å²) in [6.45, 7) is 5.74. The fourth-order valence-electron chi connectivity index (χ4n) is 2.80. The second kappa shape index (κ2) is 6.18. The minimum atomic E-state index is 0.748. The van der Waals surface area contributed by atoms with Gasteiger partial charge >= 0.3 is 0 Å². The molecule has 1 aliphatic carbocycles. The van der Waals surface area contributed by atoms with E-state index in [2.05, 4.69) is 21.5 Å². The van der Waals surface area contributed by atoms with Gasteiger partial charge in [-0.15, -0.1) is 0 Å². The van der Waals surface area contributed by atoms with Crippen LogP contribution in [0.1, 0.15) is 44.9 Å². The molecule has 0 aromatic carbocycles. The van der Waals surface area contributed by atoms with Gasteiger partial charge in [0.05, 0.1) is 0 Å². The van der Waals surface area contributed by atoms with Crippen LogP contribution < -0.4 is 10.2 Å². The van der Waals surface area contributed by atoms with Gasteiger partial charge in [0, 0.05) is 30.5 Å². The molecule has 1 aromatic rings. The largest absolute Gasteiger partial charge is 0.344 e. The molecule has 19 heavy (non-hydrogen) atoms. The minimum Gasteiger partial charge on any atom is -0.344 e. The molecule has 2 heterocycles. The van der Waals surface area contributed by atoms with Crippen molar-refractivity contribution >= 4 is 16.7 Å². The summed E-state index contributed by atoms with van der Waals surface area (Å²) >= 11 is 1.60. The molecule has 3 rings (SSSR count). The Morgan fingerprint density at radius 2 is 2.05 bits per heavy atom. The maximum atomic E-state index is 4.74. The first-order valence-electron chi connectivity index (χ1n) is 7.66. The molecule has 0 atom stereocenters. The van der Waals surface area contributed by atoms with Crippen LogP contribution >= 0.6 is 11.5 Å². The van der Waals surface area contributed by atoms with Crippen LogP contribution in [-0.2, 0) is 6.42 Å². The summed E-state index contributed by atoms with van der Waals surface area (Å²) in [4.78, 5) is 7.29. The van der Waals surface area contributed by atoms with Crippen molar-refractivity contribution in [1.29, 1.82) is 0 Å². The number of hydrogen-bond acceptors (Lipinski definition) is 5. The summed E-state index contributed by atoms with van der Waals surface area (Å²) < 4.78 is 4.51. The highest BCUT2D eigenvalue weighted by molar-refractivity contribution is 7.09. The molecule has 2 fully saturated rings. The van der Waals surface area contributed by atoms with Crippen molar-refractivity contribution in [3.8, 4) is 0 Å². The van der Waals surface area contributed by atoms with Crippen LogP contribution in [0.3, 0.4) is 0 Å². The van der Waals surface area contributed by atoms with Gasteiger partial charge in [0.15, 0.2) is 0 Å². The summed E-state index contributed by atoms with van der Waals surface area (Å²) in [6, 6.07) is 0.748. The molecule has 0 radical (unpaired) electrons. The van der Waals surface area contributed by atoms with E-state index in [4.69, 9.17) is 4.98 Å². The number of aromatic nitrogens is 2. The first-order chi connectivity index (χ1) is 9.36. The normalized spacial score (nSPS) is 20.7. The Bertz CT molecular complexity index is 396. The summed E-state index contributed by atoms with van der Waals surface area (Å²) in [5, 5.41) is 4.62. The standard InChI is InChI=1S/C14H24N4S/c1-2-3-13-16-14(19-17-13)18(12-4-5-12)10-11-6-8-15-9-7-11/h11-12,15H,2-10H2,1H3. The number of aryl methyl sites for hydroxylation is 1. The van der Waals surface area contributed by atoms with Gasteiger partial charge < -0.3 is 10.2 Å². The van der Waals surface area contributed by atoms with Gasteiger partial charge in [-0.2, -0.15) is 4.37 Å². The summed E-state index contributed by atoms with van der Waals surface area (Å²) in [6.07, 6.45) is 7.45. The Balaban J connectivity index is 1.65. The molecule has 5 heteroatoms. The highest BCUT2D eigenvalue weighted by Gasteiger charge is 2.33. The third-order valence-electron chi connectivity index (χ3n) is 4.08. The second-order valence-corrected chi connectivity index (χ2v) is 6.55. The monoisotopic (exact) mass is 280 g/mol. The van der Waals surface area contributed by atoms with Crippen molar-refractivity contribution < 1.29 is 0 Å². The number of nitrogens with zero attached hydrogens (tertiary/aromatic N) is 3. The van der Waals surface area contributed by atoms with E-state index in [1.807, 2.05) is 0 Å². The molecule has 1 N–H and O–H groups in total. The third-order valence-corrected chi connectivity index (χ3v) is 4.87. The van der Waals surface area contributed by atoms with E-state index >= 15 is 0 Å². The highest BCUT2D eigenvalue weighted by atomic mass is 32.1. The van der Waals surface area contributed by atoms with Gasteiger partial charge in [0.25, 0.3) is 0 Å². The molecular formula is C14H24N4S. The Morgan fingerprint density at radius 1 is 1.26 bits per heavy atom. The Morgan fingerprint density at radius 3 is 2.74 bits per heavy atom. The van der Waals surface area contributed by atoms with E-state index in [0.717, 1.165) is 30.6 Å². The summed E-state index contributed by atoms with van der Waals surface area (Å²) in [5.41, 5.74) is 0. The van der Waals surface area contributed by atoms with Crippen LogP contribution in [0.2, 0.25) is 0 Å². The van der Waals surface area contributed by atoms with E-state index in [1.54, 1.807) is 11.5 Å². The Kier molecular flexibility index (Phi) is 4.33. The molecule has 1 aliphatic heterocycles. The first kappa shape index (κ1) is 13.3. The summed E-state index contributed by atoms with van der Waals surface area (Å²) in [7, 11) is 0. The molecule has 1 aromatic heterocycles. The number of anilines is 1. The van der Waals surface area contributed by atoms with Gasteiger partial charge in [-0.1, -0.05) is 6.92 Å². The lowest BCUT2D eigenvalue weighted by Crippen LogP contribution is -2.37. The quantitative estimate of drug-likeness (QED) is 0.869. The van der Waals surface area contributed by atoms with E-state index in [-0.39, 0.29) is 0 Å². The molecule has 0 spiro atoms. The van der Waals surface area contributed by atoms with Crippen molar-refractivity contribution in [3.63, 3.8) is 0 Å². The first-order valence-corrected chi connectivity index (χ1v) is 8.44. The lowest BCUT2D eigenvalue weighted by atomic mass is 9.97. The van der Waals surface area contributed by atoms with Gasteiger partial charge in [-0.05, 0) is 51.1 Å².